The third-order valence-electron chi connectivity index (χ3n) is 5.10. The normalized spacial score (nSPS) is 19.0. The Kier molecular flexibility index (Phi) is 5.58. The number of thiazole rings is 1. The maximum atomic E-state index is 13.3. The number of hydrogen-bond donors (Lipinski definition) is 1. The summed E-state index contributed by atoms with van der Waals surface area (Å²) < 4.78 is 39.8. The van der Waals surface area contributed by atoms with Crippen LogP contribution in [0.25, 0.3) is 11.3 Å². The number of hydrogen-bond acceptors (Lipinski definition) is 4. The van der Waals surface area contributed by atoms with Gasteiger partial charge < -0.3 is 5.73 Å². The van der Waals surface area contributed by atoms with Gasteiger partial charge in [-0.2, -0.15) is 13.2 Å². The molecule has 1 saturated heterocycles. The second-order valence-electron chi connectivity index (χ2n) is 6.88. The van der Waals surface area contributed by atoms with Crippen molar-refractivity contribution in [3.05, 3.63) is 34.2 Å². The van der Waals surface area contributed by atoms with Gasteiger partial charge in [0.1, 0.15) is 0 Å². The predicted molar refractivity (Wildman–Crippen MR) is 100 cm³/mol. The zero-order valence-electron chi connectivity index (χ0n) is 15.1. The third kappa shape index (κ3) is 4.04. The summed E-state index contributed by atoms with van der Waals surface area (Å²) in [5, 5.41) is 0.397. The van der Waals surface area contributed by atoms with Gasteiger partial charge in [-0.3, -0.25) is 4.90 Å². The fourth-order valence-corrected chi connectivity index (χ4v) is 4.57. The molecule has 0 saturated carbocycles. The van der Waals surface area contributed by atoms with E-state index < -0.39 is 11.7 Å². The van der Waals surface area contributed by atoms with Crippen molar-refractivity contribution in [1.29, 1.82) is 0 Å². The molecule has 26 heavy (non-hydrogen) atoms. The number of piperidine rings is 1. The lowest BCUT2D eigenvalue weighted by atomic mass is 9.99. The lowest BCUT2D eigenvalue weighted by molar-refractivity contribution is -0.138. The van der Waals surface area contributed by atoms with Crippen molar-refractivity contribution in [2.24, 2.45) is 0 Å². The van der Waals surface area contributed by atoms with Crippen LogP contribution < -0.4 is 5.73 Å². The average molecular weight is 383 g/mol. The fraction of sp³-hybridized carbons (Fsp3) is 0.526. The molecule has 1 aliphatic heterocycles. The third-order valence-corrected chi connectivity index (χ3v) is 5.97. The summed E-state index contributed by atoms with van der Waals surface area (Å²) in [6.45, 7) is 5.36. The molecule has 0 spiro atoms. The van der Waals surface area contributed by atoms with Gasteiger partial charge in [-0.15, -0.1) is 11.3 Å². The van der Waals surface area contributed by atoms with Gasteiger partial charge in [-0.05, 0) is 44.4 Å². The molecular formula is C19H24F3N3S. The average Bonchev–Trinajstić information content (AvgIpc) is 2.95. The highest BCUT2D eigenvalue weighted by Gasteiger charge is 2.33. The first-order valence-corrected chi connectivity index (χ1v) is 9.78. The maximum absolute atomic E-state index is 13.3. The topological polar surface area (TPSA) is 42.1 Å². The highest BCUT2D eigenvalue weighted by Crippen LogP contribution is 2.37. The van der Waals surface area contributed by atoms with E-state index in [2.05, 4.69) is 16.8 Å². The number of alkyl halides is 3. The van der Waals surface area contributed by atoms with E-state index in [4.69, 9.17) is 5.73 Å². The van der Waals surface area contributed by atoms with Crippen LogP contribution in [0.2, 0.25) is 0 Å². The van der Waals surface area contributed by atoms with Gasteiger partial charge in [0.05, 0.1) is 11.3 Å². The summed E-state index contributed by atoms with van der Waals surface area (Å²) >= 11 is 1.38. The second-order valence-corrected chi connectivity index (χ2v) is 7.99. The molecule has 0 unspecified atom stereocenters. The summed E-state index contributed by atoms with van der Waals surface area (Å²) in [4.78, 5) is 7.71. The Hall–Kier alpha value is -1.60. The SMILES string of the molecule is CC[C@@H]1CCCCN1Cc1sc(N)nc1-c1ccc(C)c(C(F)(F)F)c1. The number of likely N-dealkylation sites (tertiary alicyclic amines) is 1. The Balaban J connectivity index is 1.95. The molecule has 7 heteroatoms. The maximum Gasteiger partial charge on any atom is 0.416 e. The van der Waals surface area contributed by atoms with Crippen LogP contribution in [0.5, 0.6) is 0 Å². The zero-order valence-corrected chi connectivity index (χ0v) is 15.9. The molecule has 1 aromatic carbocycles. The summed E-state index contributed by atoms with van der Waals surface area (Å²) in [6.07, 6.45) is 0.264. The standard InChI is InChI=1S/C19H24F3N3S/c1-3-14-6-4-5-9-25(14)11-16-17(24-18(23)26-16)13-8-7-12(2)15(10-13)19(20,21)22/h7-8,10,14H,3-6,9,11H2,1-2H3,(H2,23,24)/t14-/m1/s1. The highest BCUT2D eigenvalue weighted by atomic mass is 32.1. The molecule has 0 aliphatic carbocycles. The minimum atomic E-state index is -4.37. The van der Waals surface area contributed by atoms with Crippen LogP contribution in [0, 0.1) is 6.92 Å². The van der Waals surface area contributed by atoms with Crippen molar-refractivity contribution < 1.29 is 13.2 Å². The van der Waals surface area contributed by atoms with Crippen molar-refractivity contribution in [3.63, 3.8) is 0 Å². The number of anilines is 1. The van der Waals surface area contributed by atoms with Crippen LogP contribution in [0.4, 0.5) is 18.3 Å². The molecule has 0 amide bonds. The summed E-state index contributed by atoms with van der Waals surface area (Å²) in [5.74, 6) is 0. The minimum Gasteiger partial charge on any atom is -0.375 e. The van der Waals surface area contributed by atoms with Gasteiger partial charge in [0.15, 0.2) is 5.13 Å². The molecule has 2 heterocycles. The van der Waals surface area contributed by atoms with Crippen molar-refractivity contribution in [3.8, 4) is 11.3 Å². The predicted octanol–water partition coefficient (Wildman–Crippen LogP) is 5.48. The first-order valence-electron chi connectivity index (χ1n) is 8.97. The van der Waals surface area contributed by atoms with Crippen LogP contribution in [0.15, 0.2) is 18.2 Å². The van der Waals surface area contributed by atoms with Gasteiger partial charge in [0, 0.05) is 23.0 Å². The highest BCUT2D eigenvalue weighted by molar-refractivity contribution is 7.15. The summed E-state index contributed by atoms with van der Waals surface area (Å²) in [7, 11) is 0. The van der Waals surface area contributed by atoms with Crippen molar-refractivity contribution in [2.45, 2.75) is 58.3 Å². The largest absolute Gasteiger partial charge is 0.416 e. The first kappa shape index (κ1) is 19.2. The lowest BCUT2D eigenvalue weighted by Crippen LogP contribution is -2.38. The molecule has 2 aromatic rings. The number of nitrogens with zero attached hydrogens (tertiary/aromatic N) is 2. The van der Waals surface area contributed by atoms with E-state index in [1.165, 1.54) is 43.2 Å². The Labute approximate surface area is 156 Å². The molecule has 2 N–H and O–H groups in total. The van der Waals surface area contributed by atoms with Gasteiger partial charge >= 0.3 is 6.18 Å². The van der Waals surface area contributed by atoms with Crippen molar-refractivity contribution in [2.75, 3.05) is 12.3 Å². The Morgan fingerprint density at radius 3 is 2.77 bits per heavy atom. The van der Waals surface area contributed by atoms with E-state index in [1.54, 1.807) is 6.07 Å². The van der Waals surface area contributed by atoms with Gasteiger partial charge in [0.25, 0.3) is 0 Å². The molecule has 1 fully saturated rings. The number of rotatable bonds is 4. The van der Waals surface area contributed by atoms with Crippen LogP contribution in [0.3, 0.4) is 0 Å². The van der Waals surface area contributed by atoms with E-state index in [9.17, 15) is 13.2 Å². The fourth-order valence-electron chi connectivity index (χ4n) is 3.69. The number of halogens is 3. The Morgan fingerprint density at radius 1 is 1.31 bits per heavy atom. The van der Waals surface area contributed by atoms with E-state index in [0.717, 1.165) is 24.3 Å². The van der Waals surface area contributed by atoms with Crippen LogP contribution >= 0.6 is 11.3 Å². The van der Waals surface area contributed by atoms with Gasteiger partial charge in [-0.25, -0.2) is 4.98 Å². The van der Waals surface area contributed by atoms with Crippen molar-refractivity contribution >= 4 is 16.5 Å². The van der Waals surface area contributed by atoms with E-state index in [1.807, 2.05) is 0 Å². The second kappa shape index (κ2) is 7.56. The van der Waals surface area contributed by atoms with E-state index in [-0.39, 0.29) is 5.56 Å². The van der Waals surface area contributed by atoms with Crippen LogP contribution in [-0.4, -0.2) is 22.5 Å². The molecule has 1 atom stereocenters. The van der Waals surface area contributed by atoms with Crippen LogP contribution in [0.1, 0.15) is 48.6 Å². The number of nitrogen functional groups attached to an aromatic ring is 1. The Morgan fingerprint density at radius 2 is 2.08 bits per heavy atom. The lowest BCUT2D eigenvalue weighted by Gasteiger charge is -2.35. The van der Waals surface area contributed by atoms with E-state index in [0.29, 0.717) is 29.0 Å². The molecule has 3 rings (SSSR count). The monoisotopic (exact) mass is 383 g/mol. The molecular weight excluding hydrogens is 359 g/mol. The first-order chi connectivity index (χ1) is 12.3. The van der Waals surface area contributed by atoms with Crippen molar-refractivity contribution in [1.82, 2.24) is 9.88 Å². The molecule has 0 radical (unpaired) electrons. The summed E-state index contributed by atoms with van der Waals surface area (Å²) in [6, 6.07) is 4.92. The molecule has 1 aliphatic rings. The molecule has 3 nitrogen and oxygen atoms in total. The van der Waals surface area contributed by atoms with Gasteiger partial charge in [-0.1, -0.05) is 25.5 Å². The van der Waals surface area contributed by atoms with E-state index >= 15 is 0 Å². The smallest absolute Gasteiger partial charge is 0.375 e. The Bertz CT molecular complexity index is 770. The van der Waals surface area contributed by atoms with Gasteiger partial charge in [0.2, 0.25) is 0 Å². The number of aryl methyl sites for hydroxylation is 1. The minimum absolute atomic E-state index is 0.216. The quantitative estimate of drug-likeness (QED) is 0.760. The summed E-state index contributed by atoms with van der Waals surface area (Å²) in [5.41, 5.74) is 6.58. The number of benzene rings is 1. The zero-order chi connectivity index (χ0) is 18.9. The number of aromatic nitrogens is 1. The van der Waals surface area contributed by atoms with Crippen LogP contribution in [-0.2, 0) is 12.7 Å². The molecule has 1 aromatic heterocycles. The molecule has 142 valence electrons. The molecule has 0 bridgehead atoms. The number of nitrogens with two attached hydrogens (primary N) is 1.